The number of methoxy groups -OCH3 is 1. The Balaban J connectivity index is 2.53. The van der Waals surface area contributed by atoms with Crippen molar-refractivity contribution in [2.24, 2.45) is 0 Å². The Morgan fingerprint density at radius 1 is 1.50 bits per heavy atom. The highest BCUT2D eigenvalue weighted by Gasteiger charge is 2.17. The number of nitrogen functional groups attached to an aromatic ring is 1. The third-order valence-electron chi connectivity index (χ3n) is 2.35. The Labute approximate surface area is 116 Å². The van der Waals surface area contributed by atoms with Gasteiger partial charge in [0.15, 0.2) is 0 Å². The smallest absolute Gasteiger partial charge is 0.350 e. The van der Waals surface area contributed by atoms with Crippen molar-refractivity contribution in [3.8, 4) is 10.4 Å². The van der Waals surface area contributed by atoms with Crippen LogP contribution in [0, 0.1) is 5.82 Å². The first-order valence-electron chi connectivity index (χ1n) is 4.96. The van der Waals surface area contributed by atoms with Crippen LogP contribution in [-0.4, -0.2) is 13.1 Å². The Bertz CT molecular complexity index is 612. The first-order chi connectivity index (χ1) is 8.54. The average molecular weight is 330 g/mol. The second-order valence-electron chi connectivity index (χ2n) is 3.49. The minimum Gasteiger partial charge on any atom is -0.465 e. The first kappa shape index (κ1) is 13.0. The van der Waals surface area contributed by atoms with E-state index in [0.29, 0.717) is 25.5 Å². The summed E-state index contributed by atoms with van der Waals surface area (Å²) in [6.45, 7) is 0. The normalized spacial score (nSPS) is 10.4. The topological polar surface area (TPSA) is 52.3 Å². The van der Waals surface area contributed by atoms with Crippen molar-refractivity contribution in [1.29, 1.82) is 0 Å². The van der Waals surface area contributed by atoms with E-state index in [0.717, 1.165) is 0 Å². The van der Waals surface area contributed by atoms with E-state index in [9.17, 15) is 9.18 Å². The van der Waals surface area contributed by atoms with Crippen LogP contribution in [0.2, 0.25) is 0 Å². The molecule has 0 unspecified atom stereocenters. The summed E-state index contributed by atoms with van der Waals surface area (Å²) < 4.78 is 18.4. The lowest BCUT2D eigenvalue weighted by Crippen LogP contribution is -2.00. The highest BCUT2D eigenvalue weighted by atomic mass is 79.9. The van der Waals surface area contributed by atoms with Crippen molar-refractivity contribution in [2.75, 3.05) is 12.8 Å². The minimum atomic E-state index is -0.490. The number of esters is 1. The number of anilines is 1. The van der Waals surface area contributed by atoms with Gasteiger partial charge >= 0.3 is 5.97 Å². The summed E-state index contributed by atoms with van der Waals surface area (Å²) in [6, 6.07) is 6.34. The second kappa shape index (κ2) is 5.07. The molecule has 3 nitrogen and oxygen atoms in total. The summed E-state index contributed by atoms with van der Waals surface area (Å²) >= 11 is 4.35. The van der Waals surface area contributed by atoms with Crippen LogP contribution in [0.4, 0.5) is 10.1 Å². The van der Waals surface area contributed by atoms with E-state index in [1.165, 1.54) is 24.5 Å². The highest BCUT2D eigenvalue weighted by molar-refractivity contribution is 9.10. The molecule has 0 aliphatic carbocycles. The highest BCUT2D eigenvalue weighted by Crippen LogP contribution is 2.38. The summed E-state index contributed by atoms with van der Waals surface area (Å²) in [5.41, 5.74) is 6.73. The number of ether oxygens (including phenoxy) is 1. The number of carbonyl (C=O) groups excluding carboxylic acids is 1. The van der Waals surface area contributed by atoms with Crippen LogP contribution >= 0.6 is 27.3 Å². The van der Waals surface area contributed by atoms with E-state index in [1.807, 2.05) is 0 Å². The van der Waals surface area contributed by atoms with Gasteiger partial charge in [0.05, 0.1) is 17.3 Å². The number of benzene rings is 1. The van der Waals surface area contributed by atoms with Gasteiger partial charge in [-0.15, -0.1) is 11.3 Å². The lowest BCUT2D eigenvalue weighted by molar-refractivity contribution is 0.0607. The van der Waals surface area contributed by atoms with E-state index in [1.54, 1.807) is 18.2 Å². The average Bonchev–Trinajstić information content (AvgIpc) is 2.73. The van der Waals surface area contributed by atoms with Gasteiger partial charge in [0.25, 0.3) is 0 Å². The van der Waals surface area contributed by atoms with Crippen LogP contribution in [0.1, 0.15) is 9.67 Å². The SMILES string of the molecule is COC(=O)c1sc(-c2cccc(F)c2Br)cc1N. The molecule has 1 aromatic heterocycles. The van der Waals surface area contributed by atoms with Gasteiger partial charge in [0.1, 0.15) is 10.7 Å². The van der Waals surface area contributed by atoms with Crippen LogP contribution in [0.25, 0.3) is 10.4 Å². The Morgan fingerprint density at radius 3 is 2.89 bits per heavy atom. The van der Waals surface area contributed by atoms with Gasteiger partial charge in [-0.3, -0.25) is 0 Å². The lowest BCUT2D eigenvalue weighted by atomic mass is 10.2. The van der Waals surface area contributed by atoms with Crippen LogP contribution in [-0.2, 0) is 4.74 Å². The number of halogens is 2. The fraction of sp³-hybridized carbons (Fsp3) is 0.0833. The van der Waals surface area contributed by atoms with Crippen molar-refractivity contribution in [1.82, 2.24) is 0 Å². The fourth-order valence-electron chi connectivity index (χ4n) is 1.48. The first-order valence-corrected chi connectivity index (χ1v) is 6.57. The molecule has 1 heterocycles. The predicted octanol–water partition coefficient (Wildman–Crippen LogP) is 3.69. The van der Waals surface area contributed by atoms with E-state index in [2.05, 4.69) is 20.7 Å². The molecule has 0 atom stereocenters. The second-order valence-corrected chi connectivity index (χ2v) is 5.33. The van der Waals surface area contributed by atoms with Crippen molar-refractivity contribution in [2.45, 2.75) is 0 Å². The molecule has 0 amide bonds. The van der Waals surface area contributed by atoms with Gasteiger partial charge in [-0.2, -0.15) is 0 Å². The van der Waals surface area contributed by atoms with Crippen molar-refractivity contribution < 1.29 is 13.9 Å². The van der Waals surface area contributed by atoms with Crippen LogP contribution in [0.15, 0.2) is 28.7 Å². The summed E-state index contributed by atoms with van der Waals surface area (Å²) in [5.74, 6) is -0.852. The van der Waals surface area contributed by atoms with Crippen molar-refractivity contribution in [3.05, 3.63) is 39.4 Å². The molecule has 94 valence electrons. The van der Waals surface area contributed by atoms with E-state index in [-0.39, 0.29) is 5.82 Å². The Kier molecular flexibility index (Phi) is 3.68. The van der Waals surface area contributed by atoms with Gasteiger partial charge in [-0.1, -0.05) is 12.1 Å². The predicted molar refractivity (Wildman–Crippen MR) is 73.2 cm³/mol. The quantitative estimate of drug-likeness (QED) is 0.855. The molecule has 0 saturated carbocycles. The van der Waals surface area contributed by atoms with Gasteiger partial charge in [0, 0.05) is 10.4 Å². The van der Waals surface area contributed by atoms with E-state index >= 15 is 0 Å². The number of thiophene rings is 1. The molecule has 0 aliphatic heterocycles. The summed E-state index contributed by atoms with van der Waals surface area (Å²) in [6.07, 6.45) is 0. The van der Waals surface area contributed by atoms with Gasteiger partial charge in [0.2, 0.25) is 0 Å². The number of hydrogen-bond donors (Lipinski definition) is 1. The maximum Gasteiger partial charge on any atom is 0.350 e. The third-order valence-corrected chi connectivity index (χ3v) is 4.32. The van der Waals surface area contributed by atoms with Crippen LogP contribution in [0.5, 0.6) is 0 Å². The number of rotatable bonds is 2. The van der Waals surface area contributed by atoms with Crippen molar-refractivity contribution in [3.63, 3.8) is 0 Å². The van der Waals surface area contributed by atoms with Gasteiger partial charge < -0.3 is 10.5 Å². The largest absolute Gasteiger partial charge is 0.465 e. The van der Waals surface area contributed by atoms with E-state index < -0.39 is 5.97 Å². The lowest BCUT2D eigenvalue weighted by Gasteiger charge is -2.01. The maximum absolute atomic E-state index is 13.4. The zero-order chi connectivity index (χ0) is 13.3. The monoisotopic (exact) mass is 329 g/mol. The standard InChI is InChI=1S/C12H9BrFNO2S/c1-17-12(16)11-8(15)5-9(18-11)6-3-2-4-7(14)10(6)13/h2-5H,15H2,1H3. The molecular weight excluding hydrogens is 321 g/mol. The fourth-order valence-corrected chi connectivity index (χ4v) is 3.12. The molecule has 2 N–H and O–H groups in total. The molecule has 0 radical (unpaired) electrons. The minimum absolute atomic E-state index is 0.323. The van der Waals surface area contributed by atoms with Gasteiger partial charge in [-0.05, 0) is 28.1 Å². The van der Waals surface area contributed by atoms with Gasteiger partial charge in [-0.25, -0.2) is 9.18 Å². The third kappa shape index (κ3) is 2.26. The number of carbonyl (C=O) groups is 1. The maximum atomic E-state index is 13.4. The zero-order valence-electron chi connectivity index (χ0n) is 9.37. The molecule has 1 aromatic carbocycles. The van der Waals surface area contributed by atoms with Crippen molar-refractivity contribution >= 4 is 38.9 Å². The number of hydrogen-bond acceptors (Lipinski definition) is 4. The van der Waals surface area contributed by atoms with E-state index in [4.69, 9.17) is 5.73 Å². The Hall–Kier alpha value is -1.40. The molecule has 0 spiro atoms. The molecule has 6 heteroatoms. The molecule has 18 heavy (non-hydrogen) atoms. The molecule has 0 saturated heterocycles. The molecule has 0 fully saturated rings. The summed E-state index contributed by atoms with van der Waals surface area (Å²) in [5, 5.41) is 0. The molecule has 0 bridgehead atoms. The summed E-state index contributed by atoms with van der Waals surface area (Å²) in [7, 11) is 1.29. The molecule has 0 aliphatic rings. The van der Waals surface area contributed by atoms with Crippen LogP contribution in [0.3, 0.4) is 0 Å². The van der Waals surface area contributed by atoms with Crippen LogP contribution < -0.4 is 5.73 Å². The molecule has 2 rings (SSSR count). The zero-order valence-corrected chi connectivity index (χ0v) is 11.8. The molecular formula is C12H9BrFNO2S. The Morgan fingerprint density at radius 2 is 2.22 bits per heavy atom. The molecule has 2 aromatic rings. The number of nitrogens with two attached hydrogens (primary N) is 1. The summed E-state index contributed by atoms with van der Waals surface area (Å²) in [4.78, 5) is 12.5.